The molecule has 0 spiro atoms. The van der Waals surface area contributed by atoms with Crippen molar-refractivity contribution in [2.45, 2.75) is 136 Å². The number of ether oxygens (including phenoxy) is 2. The van der Waals surface area contributed by atoms with Crippen molar-refractivity contribution in [3.8, 4) is 11.4 Å². The van der Waals surface area contributed by atoms with E-state index in [0.717, 1.165) is 18.4 Å². The van der Waals surface area contributed by atoms with E-state index in [1.807, 2.05) is 20.8 Å². The molecule has 4 aromatic rings. The minimum Gasteiger partial charge on any atom is -0.458 e. The van der Waals surface area contributed by atoms with E-state index in [1.165, 1.54) is 15.5 Å². The van der Waals surface area contributed by atoms with Crippen molar-refractivity contribution in [3.05, 3.63) is 97.6 Å². The van der Waals surface area contributed by atoms with Crippen LogP contribution < -0.4 is 37.5 Å². The van der Waals surface area contributed by atoms with Crippen molar-refractivity contribution >= 4 is 64.1 Å². The molecule has 22 nitrogen and oxygen atoms in total. The number of likely N-dealkylation sites (tertiary alicyclic amines) is 1. The van der Waals surface area contributed by atoms with Crippen LogP contribution in [0, 0.1) is 24.1 Å². The van der Waals surface area contributed by atoms with Crippen LogP contribution in [0.2, 0.25) is 0 Å². The lowest BCUT2D eigenvalue weighted by atomic mass is 9.73. The van der Waals surface area contributed by atoms with E-state index in [0.29, 0.717) is 83.2 Å². The number of fused-ring (bicyclic) bond motifs is 5. The Labute approximate surface area is 473 Å². The topological polar surface area (TPSA) is 303 Å². The minimum absolute atomic E-state index is 0.0309. The summed E-state index contributed by atoms with van der Waals surface area (Å²) < 4.78 is 27.7. The number of esters is 1. The summed E-state index contributed by atoms with van der Waals surface area (Å²) in [6.07, 6.45) is 4.39. The first-order valence-electron chi connectivity index (χ1n) is 28.2. The number of cyclic esters (lactones) is 1. The van der Waals surface area contributed by atoms with Gasteiger partial charge < -0.3 is 51.0 Å². The second kappa shape index (κ2) is 25.9. The van der Waals surface area contributed by atoms with Gasteiger partial charge in [-0.2, -0.15) is 0 Å². The molecule has 8 rings (SSSR count). The van der Waals surface area contributed by atoms with E-state index in [4.69, 9.17) is 14.5 Å². The molecule has 0 saturated carbocycles. The summed E-state index contributed by atoms with van der Waals surface area (Å²) in [7, 11) is 0. The Morgan fingerprint density at radius 3 is 2.30 bits per heavy atom. The van der Waals surface area contributed by atoms with Crippen LogP contribution in [0.5, 0.6) is 0 Å². The molecule has 1 aliphatic carbocycles. The molecule has 2 aromatic heterocycles. The minimum atomic E-state index is -2.04. The maximum atomic E-state index is 15.4. The number of carbonyl (C=O) groups excluding carboxylic acids is 9. The van der Waals surface area contributed by atoms with Crippen LogP contribution in [0.15, 0.2) is 47.3 Å². The number of aryl methyl sites for hydroxylation is 1. The van der Waals surface area contributed by atoms with E-state index in [-0.39, 0.29) is 86.8 Å². The zero-order valence-electron chi connectivity index (χ0n) is 47.0. The highest BCUT2D eigenvalue weighted by atomic mass is 19.1. The molecule has 8 amide bonds. The third-order valence-corrected chi connectivity index (χ3v) is 16.5. The number of amides is 8. The summed E-state index contributed by atoms with van der Waals surface area (Å²) in [6.45, 7) is 7.39. The third-order valence-electron chi connectivity index (χ3n) is 16.5. The quantitative estimate of drug-likeness (QED) is 0.0238. The number of nitrogens with one attached hydrogen (secondary N) is 6. The number of halogens is 1. The Morgan fingerprint density at radius 2 is 1.57 bits per heavy atom. The number of pyridine rings is 2. The van der Waals surface area contributed by atoms with Gasteiger partial charge in [-0.3, -0.25) is 48.1 Å². The highest BCUT2D eigenvalue weighted by Gasteiger charge is 2.51. The second-order valence-electron chi connectivity index (χ2n) is 21.7. The SMILES string of the molecule is CCC(CC)C1(C)CC(=O)N(CCCCCC(=O)NCC(=O)NCC(=O)N[C@@H](Cc2ccccc2)C(=O)NCC(=O)NCCOCC(=O)N[C@H]2CCc3c(C)c(F)cc4nc5c(c2c34)Cn2c-5cc3c(c2=O)COC(=O)[C@]3(O)CC)C1=O. The molecule has 1 saturated heterocycles. The van der Waals surface area contributed by atoms with Crippen LogP contribution in [0.3, 0.4) is 0 Å². The number of carbonyl (C=O) groups is 9. The van der Waals surface area contributed by atoms with Gasteiger partial charge in [0.25, 0.3) is 5.56 Å². The first-order valence-corrected chi connectivity index (χ1v) is 28.2. The van der Waals surface area contributed by atoms with Gasteiger partial charge in [0, 0.05) is 54.9 Å². The molecule has 4 aliphatic rings. The largest absolute Gasteiger partial charge is 0.458 e. The highest BCUT2D eigenvalue weighted by molar-refractivity contribution is 6.06. The monoisotopic (exact) mass is 1130 g/mol. The van der Waals surface area contributed by atoms with E-state index in [9.17, 15) is 53.1 Å². The maximum absolute atomic E-state index is 15.4. The Kier molecular flexibility index (Phi) is 19.0. The van der Waals surface area contributed by atoms with Gasteiger partial charge in [-0.25, -0.2) is 14.2 Å². The van der Waals surface area contributed by atoms with Gasteiger partial charge in [0.1, 0.15) is 25.1 Å². The van der Waals surface area contributed by atoms with Crippen LogP contribution in [0.25, 0.3) is 22.3 Å². The highest BCUT2D eigenvalue weighted by Crippen LogP contribution is 2.46. The Morgan fingerprint density at radius 1 is 0.866 bits per heavy atom. The van der Waals surface area contributed by atoms with Crippen LogP contribution in [0.4, 0.5) is 4.39 Å². The Bertz CT molecular complexity index is 3260. The van der Waals surface area contributed by atoms with Crippen molar-refractivity contribution in [3.63, 3.8) is 0 Å². The van der Waals surface area contributed by atoms with E-state index in [2.05, 4.69) is 31.9 Å². The Hall–Kier alpha value is -7.92. The number of imide groups is 1. The fourth-order valence-corrected chi connectivity index (χ4v) is 11.9. The van der Waals surface area contributed by atoms with E-state index < -0.39 is 96.2 Å². The molecule has 3 aliphatic heterocycles. The average molecular weight is 1130 g/mol. The van der Waals surface area contributed by atoms with Gasteiger partial charge in [-0.15, -0.1) is 0 Å². The van der Waals surface area contributed by atoms with Crippen molar-refractivity contribution in [2.24, 2.45) is 11.3 Å². The number of nitrogens with zero attached hydrogens (tertiary/aromatic N) is 3. The molecule has 0 radical (unpaired) electrons. The van der Waals surface area contributed by atoms with E-state index in [1.54, 1.807) is 50.2 Å². The molecule has 2 aromatic carbocycles. The molecule has 438 valence electrons. The van der Waals surface area contributed by atoms with Crippen molar-refractivity contribution in [1.82, 2.24) is 46.4 Å². The third kappa shape index (κ3) is 12.7. The van der Waals surface area contributed by atoms with Gasteiger partial charge >= 0.3 is 5.97 Å². The van der Waals surface area contributed by atoms with Crippen LogP contribution in [-0.2, 0) is 84.2 Å². The summed E-state index contributed by atoms with van der Waals surface area (Å²) >= 11 is 0. The first-order chi connectivity index (χ1) is 39.2. The smallest absolute Gasteiger partial charge is 0.343 e. The summed E-state index contributed by atoms with van der Waals surface area (Å²) in [5.74, 6) is -4.95. The summed E-state index contributed by atoms with van der Waals surface area (Å²) in [6, 6.07) is 9.99. The zero-order valence-corrected chi connectivity index (χ0v) is 47.0. The van der Waals surface area contributed by atoms with E-state index >= 15 is 4.39 Å². The first kappa shape index (κ1) is 60.2. The van der Waals surface area contributed by atoms with Crippen molar-refractivity contribution in [2.75, 3.05) is 45.9 Å². The standard InChI is InChI=1S/C59H72FN9O13/c1-6-35(7-2)58(5)26-50(75)68(56(58)78)21-14-10-13-17-45(70)62-27-47(72)63-29-48(73)66-43(23-34-15-11-9-12-16-34)54(76)64-28-46(71)61-20-22-81-32-49(74)65-41-19-18-36-33(4)40(60)25-42-51(36)52(41)37-30-69-44(53(37)67-42)24-39-38(55(69)77)31-82-57(79)59(39,80)8-3/h9,11-12,15-16,24-25,35,41,43,80H,6-8,10,13-14,17-23,26-32H2,1-5H3,(H,61,71)(H,62,70)(H,63,72)(H,64,76)(H,65,74)(H,66,73)/t41-,43-,58?,59-/m0/s1. The number of unbranched alkanes of at least 4 members (excludes halogenated alkanes) is 2. The number of rotatable bonds is 26. The number of benzene rings is 2. The second-order valence-corrected chi connectivity index (χ2v) is 21.7. The van der Waals surface area contributed by atoms with Gasteiger partial charge in [-0.1, -0.05) is 70.4 Å². The summed E-state index contributed by atoms with van der Waals surface area (Å²) in [5, 5.41) is 27.8. The lowest BCUT2D eigenvalue weighted by Gasteiger charge is -2.31. The summed E-state index contributed by atoms with van der Waals surface area (Å²) in [5.41, 5.74) is 1.34. The van der Waals surface area contributed by atoms with Crippen molar-refractivity contribution in [1.29, 1.82) is 0 Å². The van der Waals surface area contributed by atoms with Crippen LogP contribution in [0.1, 0.15) is 130 Å². The predicted octanol–water partition coefficient (Wildman–Crippen LogP) is 2.60. The van der Waals surface area contributed by atoms with Crippen molar-refractivity contribution < 1.29 is 62.1 Å². The molecular weight excluding hydrogens is 1060 g/mol. The Balaban J connectivity index is 0.765. The zero-order chi connectivity index (χ0) is 59.0. The lowest BCUT2D eigenvalue weighted by molar-refractivity contribution is -0.172. The number of hydrogen-bond donors (Lipinski definition) is 7. The molecule has 0 bridgehead atoms. The summed E-state index contributed by atoms with van der Waals surface area (Å²) in [4.78, 5) is 137. The molecule has 1 fully saturated rings. The van der Waals surface area contributed by atoms with Crippen LogP contribution >= 0.6 is 0 Å². The number of aromatic nitrogens is 2. The lowest BCUT2D eigenvalue weighted by Crippen LogP contribution is -2.52. The molecule has 7 N–H and O–H groups in total. The molecule has 82 heavy (non-hydrogen) atoms. The molecule has 4 atom stereocenters. The number of hydrogen-bond acceptors (Lipinski definition) is 14. The fourth-order valence-electron chi connectivity index (χ4n) is 11.9. The van der Waals surface area contributed by atoms with Gasteiger partial charge in [-0.05, 0) is 80.2 Å². The maximum Gasteiger partial charge on any atom is 0.343 e. The van der Waals surface area contributed by atoms with Gasteiger partial charge in [0.05, 0.1) is 66.7 Å². The van der Waals surface area contributed by atoms with Gasteiger partial charge in [0.2, 0.25) is 47.3 Å². The normalized spacial score (nSPS) is 19.0. The molecule has 1 unspecified atom stereocenters. The molecule has 23 heteroatoms. The fraction of sp³-hybridized carbons (Fsp3) is 0.508. The average Bonchev–Trinajstić information content (AvgIpc) is 1.80. The van der Waals surface area contributed by atoms with Gasteiger partial charge in [0.15, 0.2) is 5.60 Å². The molecular formula is C59H72FN9O13. The predicted molar refractivity (Wildman–Crippen MR) is 295 cm³/mol. The molecule has 5 heterocycles. The number of aliphatic hydroxyl groups is 1. The van der Waals surface area contributed by atoms with Crippen LogP contribution in [-0.4, -0.2) is 125 Å².